The van der Waals surface area contributed by atoms with Crippen LogP contribution in [-0.2, 0) is 14.4 Å². The second-order valence-corrected chi connectivity index (χ2v) is 9.09. The number of hydrogen-bond acceptors (Lipinski definition) is 4. The van der Waals surface area contributed by atoms with E-state index in [1.54, 1.807) is 36.4 Å². The standard InChI is InChI=1S/C25H26O4/c1-4-13-25-21(28)18(19(26)16-10-6-5-7-11-16)20(27)24(22(25)29)14-9-8-12-17(15-24)23(25,2)3/h4-11,17,26H,1,12-15H2,2-3H3/b19-18+/t17?,24-,25+/m1/s1. The maximum atomic E-state index is 13.9. The lowest BCUT2D eigenvalue weighted by Gasteiger charge is -2.59. The molecule has 4 rings (SSSR count). The third-order valence-corrected chi connectivity index (χ3v) is 7.60. The van der Waals surface area contributed by atoms with Crippen LogP contribution < -0.4 is 0 Å². The molecule has 0 amide bonds. The van der Waals surface area contributed by atoms with E-state index in [1.165, 1.54) is 0 Å². The molecule has 0 aliphatic heterocycles. The summed E-state index contributed by atoms with van der Waals surface area (Å²) in [5.74, 6) is -1.69. The summed E-state index contributed by atoms with van der Waals surface area (Å²) in [6.07, 6.45) is 7.08. The molecule has 1 N–H and O–H groups in total. The quantitative estimate of drug-likeness (QED) is 0.269. The van der Waals surface area contributed by atoms with Crippen molar-refractivity contribution in [3.8, 4) is 0 Å². The summed E-state index contributed by atoms with van der Waals surface area (Å²) in [6, 6.07) is 8.59. The van der Waals surface area contributed by atoms with Crippen molar-refractivity contribution in [2.45, 2.75) is 39.5 Å². The minimum atomic E-state index is -1.39. The second-order valence-electron chi connectivity index (χ2n) is 9.09. The number of hydrogen-bond donors (Lipinski definition) is 1. The van der Waals surface area contributed by atoms with Gasteiger partial charge in [-0.1, -0.05) is 62.4 Å². The van der Waals surface area contributed by atoms with Gasteiger partial charge in [-0.05, 0) is 37.0 Å². The summed E-state index contributed by atoms with van der Waals surface area (Å²) in [6.45, 7) is 7.71. The van der Waals surface area contributed by atoms with Crippen molar-refractivity contribution in [1.29, 1.82) is 0 Å². The highest BCUT2D eigenvalue weighted by molar-refractivity contribution is 6.41. The van der Waals surface area contributed by atoms with Crippen molar-refractivity contribution >= 4 is 23.1 Å². The van der Waals surface area contributed by atoms with Gasteiger partial charge in [-0.3, -0.25) is 14.4 Å². The first-order valence-electron chi connectivity index (χ1n) is 10.1. The van der Waals surface area contributed by atoms with Gasteiger partial charge in [-0.15, -0.1) is 6.58 Å². The predicted octanol–water partition coefficient (Wildman–Crippen LogP) is 4.62. The lowest BCUT2D eigenvalue weighted by molar-refractivity contribution is -0.175. The zero-order valence-corrected chi connectivity index (χ0v) is 16.9. The van der Waals surface area contributed by atoms with Crippen LogP contribution in [0.15, 0.2) is 60.7 Å². The second kappa shape index (κ2) is 6.38. The number of rotatable bonds is 3. The number of aliphatic hydroxyl groups is 1. The molecule has 2 fully saturated rings. The van der Waals surface area contributed by atoms with Gasteiger partial charge in [0.1, 0.15) is 16.7 Å². The van der Waals surface area contributed by atoms with Gasteiger partial charge in [-0.25, -0.2) is 0 Å². The van der Waals surface area contributed by atoms with E-state index in [1.807, 2.05) is 26.0 Å². The van der Waals surface area contributed by atoms with E-state index in [4.69, 9.17) is 0 Å². The normalized spacial score (nSPS) is 34.6. The van der Waals surface area contributed by atoms with E-state index >= 15 is 0 Å². The van der Waals surface area contributed by atoms with Crippen LogP contribution in [0, 0.1) is 22.2 Å². The number of aliphatic hydroxyl groups excluding tert-OH is 1. The Balaban J connectivity index is 2.06. The highest BCUT2D eigenvalue weighted by Crippen LogP contribution is 2.66. The first-order valence-corrected chi connectivity index (χ1v) is 10.1. The SMILES string of the molecule is C=CC[C@@]12C(=O)/C(=C(/O)c3ccccc3)C(=O)[C@]3(CC=CCC(C3)C1(C)C)C2=O. The lowest BCUT2D eigenvalue weighted by atomic mass is 9.39. The van der Waals surface area contributed by atoms with Gasteiger partial charge in [0.2, 0.25) is 0 Å². The fourth-order valence-corrected chi connectivity index (χ4v) is 5.78. The van der Waals surface area contributed by atoms with Gasteiger partial charge in [-0.2, -0.15) is 0 Å². The molecule has 29 heavy (non-hydrogen) atoms. The first-order chi connectivity index (χ1) is 13.7. The minimum absolute atomic E-state index is 0.0206. The topological polar surface area (TPSA) is 71.4 Å². The number of benzene rings is 1. The molecule has 4 heteroatoms. The molecular weight excluding hydrogens is 364 g/mol. The Bertz CT molecular complexity index is 981. The molecule has 4 nitrogen and oxygen atoms in total. The number of Topliss-reactive ketones (excluding diaryl/α,β-unsaturated/α-hetero) is 3. The third kappa shape index (κ3) is 2.29. The van der Waals surface area contributed by atoms with E-state index in [-0.39, 0.29) is 35.9 Å². The zero-order chi connectivity index (χ0) is 21.0. The number of carbonyl (C=O) groups excluding carboxylic acids is 3. The fraction of sp³-hybridized carbons (Fsp3) is 0.400. The van der Waals surface area contributed by atoms with Gasteiger partial charge in [0.25, 0.3) is 0 Å². The Morgan fingerprint density at radius 2 is 1.83 bits per heavy atom. The maximum absolute atomic E-state index is 13.9. The van der Waals surface area contributed by atoms with Gasteiger partial charge in [0.05, 0.1) is 5.41 Å². The zero-order valence-electron chi connectivity index (χ0n) is 16.9. The molecular formula is C25H26O4. The van der Waals surface area contributed by atoms with Crippen LogP contribution in [-0.4, -0.2) is 22.5 Å². The Morgan fingerprint density at radius 3 is 2.48 bits per heavy atom. The molecule has 1 aromatic carbocycles. The summed E-state index contributed by atoms with van der Waals surface area (Å²) < 4.78 is 0. The van der Waals surface area contributed by atoms with E-state index in [0.29, 0.717) is 12.0 Å². The molecule has 2 saturated carbocycles. The monoisotopic (exact) mass is 390 g/mol. The largest absolute Gasteiger partial charge is 0.506 e. The molecule has 0 saturated heterocycles. The predicted molar refractivity (Wildman–Crippen MR) is 111 cm³/mol. The molecule has 0 heterocycles. The molecule has 0 radical (unpaired) electrons. The molecule has 1 aromatic rings. The summed E-state index contributed by atoms with van der Waals surface area (Å²) in [4.78, 5) is 41.5. The summed E-state index contributed by atoms with van der Waals surface area (Å²) in [5.41, 5.74) is -3.17. The number of allylic oxidation sites excluding steroid dienone is 4. The van der Waals surface area contributed by atoms with Crippen molar-refractivity contribution in [2.75, 3.05) is 0 Å². The molecule has 3 atom stereocenters. The maximum Gasteiger partial charge on any atom is 0.184 e. The average Bonchev–Trinajstić information content (AvgIpc) is 2.93. The number of carbonyl (C=O) groups is 3. The van der Waals surface area contributed by atoms with E-state index < -0.39 is 27.8 Å². The minimum Gasteiger partial charge on any atom is -0.506 e. The van der Waals surface area contributed by atoms with Crippen molar-refractivity contribution in [3.63, 3.8) is 0 Å². The van der Waals surface area contributed by atoms with Gasteiger partial charge < -0.3 is 5.11 Å². The van der Waals surface area contributed by atoms with Crippen LogP contribution in [0.1, 0.15) is 45.1 Å². The summed E-state index contributed by atoms with van der Waals surface area (Å²) in [5, 5.41) is 11.0. The number of fused-ring (bicyclic) bond motifs is 2. The molecule has 3 aliphatic carbocycles. The van der Waals surface area contributed by atoms with Gasteiger partial charge in [0.15, 0.2) is 17.3 Å². The van der Waals surface area contributed by atoms with Gasteiger partial charge >= 0.3 is 0 Å². The molecule has 1 spiro atoms. The highest BCUT2D eigenvalue weighted by Gasteiger charge is 2.73. The van der Waals surface area contributed by atoms with Crippen LogP contribution in [0.5, 0.6) is 0 Å². The Labute approximate surface area is 171 Å². The van der Waals surface area contributed by atoms with Gasteiger partial charge in [0, 0.05) is 5.56 Å². The van der Waals surface area contributed by atoms with Crippen molar-refractivity contribution in [2.24, 2.45) is 22.2 Å². The Morgan fingerprint density at radius 1 is 1.14 bits per heavy atom. The highest BCUT2D eigenvalue weighted by atomic mass is 16.3. The summed E-state index contributed by atoms with van der Waals surface area (Å²) in [7, 11) is 0. The van der Waals surface area contributed by atoms with E-state index in [2.05, 4.69) is 6.58 Å². The van der Waals surface area contributed by atoms with Crippen LogP contribution >= 0.6 is 0 Å². The molecule has 1 unspecified atom stereocenters. The third-order valence-electron chi connectivity index (χ3n) is 7.60. The Hall–Kier alpha value is -2.75. The Kier molecular flexibility index (Phi) is 4.30. The van der Waals surface area contributed by atoms with Crippen molar-refractivity contribution in [3.05, 3.63) is 66.3 Å². The molecule has 3 bridgehead atoms. The first kappa shape index (κ1) is 19.6. The van der Waals surface area contributed by atoms with Crippen LogP contribution in [0.25, 0.3) is 5.76 Å². The van der Waals surface area contributed by atoms with Crippen molar-refractivity contribution < 1.29 is 19.5 Å². The smallest absolute Gasteiger partial charge is 0.184 e. The van der Waals surface area contributed by atoms with Crippen LogP contribution in [0.2, 0.25) is 0 Å². The molecule has 0 aromatic heterocycles. The number of ketones is 3. The lowest BCUT2D eigenvalue weighted by Crippen LogP contribution is -2.69. The van der Waals surface area contributed by atoms with Crippen LogP contribution in [0.3, 0.4) is 0 Å². The molecule has 150 valence electrons. The van der Waals surface area contributed by atoms with E-state index in [0.717, 1.165) is 6.42 Å². The fourth-order valence-electron chi connectivity index (χ4n) is 5.78. The van der Waals surface area contributed by atoms with Crippen LogP contribution in [0.4, 0.5) is 0 Å². The average molecular weight is 390 g/mol. The molecule has 3 aliphatic rings. The summed E-state index contributed by atoms with van der Waals surface area (Å²) >= 11 is 0. The van der Waals surface area contributed by atoms with Crippen molar-refractivity contribution in [1.82, 2.24) is 0 Å². The van der Waals surface area contributed by atoms with E-state index in [9.17, 15) is 19.5 Å².